The van der Waals surface area contributed by atoms with Crippen molar-refractivity contribution in [1.82, 2.24) is 0 Å². The molecule has 2 nitrogen and oxygen atoms in total. The number of allylic oxidation sites excluding steroid dienone is 2. The predicted molar refractivity (Wildman–Crippen MR) is 286 cm³/mol. The van der Waals surface area contributed by atoms with Crippen LogP contribution in [0.1, 0.15) is 284 Å². The Morgan fingerprint density at radius 3 is 0.585 bits per heavy atom. The summed E-state index contributed by atoms with van der Waals surface area (Å²) in [7, 11) is 3.25. The molecule has 1 saturated carbocycles. The first-order valence-electron chi connectivity index (χ1n) is 17.0. The molecule has 0 radical (unpaired) electrons. The molecule has 1 aliphatic carbocycles. The highest BCUT2D eigenvalue weighted by atomic mass is 32.1. The van der Waals surface area contributed by atoms with Gasteiger partial charge in [0.05, 0.1) is 0 Å². The molecule has 0 amide bonds. The molecule has 3 heteroatoms. The lowest BCUT2D eigenvalue weighted by Crippen LogP contribution is -2.08. The van der Waals surface area contributed by atoms with Crippen molar-refractivity contribution in [3.63, 3.8) is 0 Å². The maximum atomic E-state index is 9.44. The average Bonchev–Trinajstić information content (AvgIpc) is 2.89. The van der Waals surface area contributed by atoms with Gasteiger partial charge in [0.2, 0.25) is 0 Å². The summed E-state index contributed by atoms with van der Waals surface area (Å²) in [5.74, 6) is 7.57. The van der Waals surface area contributed by atoms with Crippen LogP contribution in [0.5, 0.6) is 0 Å². The van der Waals surface area contributed by atoms with E-state index in [1.807, 2.05) is 39.8 Å². The fourth-order valence-corrected chi connectivity index (χ4v) is 1.43. The Bertz CT molecular complexity index is 331. The van der Waals surface area contributed by atoms with Gasteiger partial charge >= 0.3 is 0 Å². The second-order valence-electron chi connectivity index (χ2n) is 10.1. The van der Waals surface area contributed by atoms with Crippen molar-refractivity contribution in [3.05, 3.63) is 12.2 Å². The van der Waals surface area contributed by atoms with Gasteiger partial charge in [-0.15, -0.1) is 11.8 Å². The van der Waals surface area contributed by atoms with Crippen LogP contribution in [0.2, 0.25) is 0 Å². The van der Waals surface area contributed by atoms with E-state index in [0.717, 1.165) is 11.8 Å². The summed E-state index contributed by atoms with van der Waals surface area (Å²) in [5, 5.41) is 0. The van der Waals surface area contributed by atoms with Gasteiger partial charge in [-0.05, 0) is 53.4 Å². The van der Waals surface area contributed by atoms with Crippen molar-refractivity contribution in [1.29, 1.82) is 0 Å². The monoisotopic (exact) mass is 801 g/mol. The van der Waals surface area contributed by atoms with E-state index >= 15 is 0 Å². The highest BCUT2D eigenvalue weighted by Gasteiger charge is 2.13. The van der Waals surface area contributed by atoms with Crippen LogP contribution < -0.4 is 0 Å². The fourth-order valence-electron chi connectivity index (χ4n) is 1.43. The zero-order valence-electron chi connectivity index (χ0n) is 34.2. The molecule has 0 aromatic heterocycles. The zero-order valence-corrected chi connectivity index (χ0v) is 35.2. The first kappa shape index (κ1) is 150. The molecule has 0 atom stereocenters. The van der Waals surface area contributed by atoms with E-state index in [-0.39, 0.29) is 101 Å². The summed E-state index contributed by atoms with van der Waals surface area (Å²) in [6.45, 7) is 40.9. The van der Waals surface area contributed by atoms with E-state index < -0.39 is 0 Å². The molecule has 0 aromatic rings. The van der Waals surface area contributed by atoms with Crippen molar-refractivity contribution in [2.24, 2.45) is 11.8 Å². The van der Waals surface area contributed by atoms with Gasteiger partial charge in [0.1, 0.15) is 5.78 Å². The number of carbonyl (C=O) groups is 1. The Kier molecular flexibility index (Phi) is 677. The number of carbonyl (C=O) groups excluding carboxylic acids is 1. The van der Waals surface area contributed by atoms with Crippen molar-refractivity contribution in [2.45, 2.75) is 284 Å². The molecule has 0 spiro atoms. The lowest BCUT2D eigenvalue weighted by molar-refractivity contribution is -0.115. The molecular weight excluding hydrogens is 665 g/mol. The molecule has 1 fully saturated rings. The summed E-state index contributed by atoms with van der Waals surface area (Å²) in [5.41, 5.74) is 0. The van der Waals surface area contributed by atoms with Gasteiger partial charge in [-0.2, -0.15) is 13.5 Å². The van der Waals surface area contributed by atoms with E-state index in [0.29, 0.717) is 0 Å². The van der Waals surface area contributed by atoms with Crippen LogP contribution in [0, 0.1) is 23.7 Å². The summed E-state index contributed by atoms with van der Waals surface area (Å²) in [6.07, 6.45) is 17.4. The summed E-state index contributed by atoms with van der Waals surface area (Å²) in [4.78, 5) is 9.44. The third-order valence-electron chi connectivity index (χ3n) is 2.89. The molecule has 0 aliphatic heterocycles. The minimum atomic E-state index is 0. The zero-order chi connectivity index (χ0) is 35.3. The molecule has 0 heterocycles. The van der Waals surface area contributed by atoms with Crippen LogP contribution in [-0.2, 0) is 9.53 Å². The first-order valence-corrected chi connectivity index (χ1v) is 17.0. The first-order chi connectivity index (χ1) is 19.2. The van der Waals surface area contributed by atoms with Crippen molar-refractivity contribution >= 4 is 19.3 Å². The number of hydrogen-bond donors (Lipinski definition) is 0. The van der Waals surface area contributed by atoms with Crippen LogP contribution >= 0.6 is 13.5 Å². The standard InChI is InChI=1S/C8H16.C4H8.C4H6.C3H6O.6C3H8.C2H6O.11CH4.H2S/c1-7-3-5-8(2)6-4-7;2*1-3-4-2;1-3(2)4;7*1-3-2;;;;;;;;;;;;/h7-8H,3-6H2,1-2H3;3-4H,1-2H3;2*1-2H3;6*3H2,1-2H3;1-2H3;11*1H4;1H2. The van der Waals surface area contributed by atoms with Crippen LogP contribution in [0.15, 0.2) is 12.2 Å². The fraction of sp³-hybridized carbons (Fsp3) is 0.900. The molecule has 1 aliphatic rings. The molecule has 354 valence electrons. The third kappa shape index (κ3) is 979. The van der Waals surface area contributed by atoms with E-state index in [4.69, 9.17) is 0 Å². The van der Waals surface area contributed by atoms with Crippen molar-refractivity contribution in [3.8, 4) is 11.8 Å². The van der Waals surface area contributed by atoms with Crippen LogP contribution in [0.25, 0.3) is 0 Å². The smallest absolute Gasteiger partial charge is 0.126 e. The van der Waals surface area contributed by atoms with Gasteiger partial charge in [-0.1, -0.05) is 255 Å². The quantitative estimate of drug-likeness (QED) is 0.180. The second kappa shape index (κ2) is 239. The molecule has 0 saturated heterocycles. The molecule has 53 heavy (non-hydrogen) atoms. The summed E-state index contributed by atoms with van der Waals surface area (Å²) in [6, 6.07) is 0. The van der Waals surface area contributed by atoms with Gasteiger partial charge in [0, 0.05) is 14.2 Å². The second-order valence-corrected chi connectivity index (χ2v) is 10.1. The third-order valence-corrected chi connectivity index (χ3v) is 2.89. The molecule has 0 unspecified atom stereocenters. The van der Waals surface area contributed by atoms with Gasteiger partial charge in [0.15, 0.2) is 0 Å². The molecule has 1 rings (SSSR count). The summed E-state index contributed by atoms with van der Waals surface area (Å²) >= 11 is 0. The van der Waals surface area contributed by atoms with E-state index in [1.54, 1.807) is 14.2 Å². The van der Waals surface area contributed by atoms with Crippen LogP contribution in [-0.4, -0.2) is 20.0 Å². The lowest BCUT2D eigenvalue weighted by Gasteiger charge is -2.22. The number of rotatable bonds is 0. The topological polar surface area (TPSA) is 26.3 Å². The predicted octanol–water partition coefficient (Wildman–Crippen LogP) is 21.9. The normalized spacial score (nSPS) is 9.85. The van der Waals surface area contributed by atoms with Gasteiger partial charge in [0.25, 0.3) is 0 Å². The minimum Gasteiger partial charge on any atom is -0.388 e. The highest BCUT2D eigenvalue weighted by molar-refractivity contribution is 7.59. The number of hydrogen-bond acceptors (Lipinski definition) is 2. The van der Waals surface area contributed by atoms with E-state index in [1.165, 1.54) is 78.1 Å². The Hall–Kier alpha value is -0.720. The van der Waals surface area contributed by atoms with Crippen LogP contribution in [0.4, 0.5) is 0 Å². The SMILES string of the molecule is C.C.C.C.C.C.C.C.C.C.C.CC#CC.CC(C)=O.CC1CCC(C)CC1.CC=CC.CCC.CCC.CCC.CCC.CCC.CCC.COC.S. The Morgan fingerprint density at radius 1 is 0.472 bits per heavy atom. The van der Waals surface area contributed by atoms with Crippen molar-refractivity contribution in [2.75, 3.05) is 14.2 Å². The van der Waals surface area contributed by atoms with Gasteiger partial charge < -0.3 is 9.53 Å². The Labute approximate surface area is 362 Å². The molecule has 0 N–H and O–H groups in total. The molecular formula is C50H136O2S. The van der Waals surface area contributed by atoms with Gasteiger partial charge in [-0.3, -0.25) is 0 Å². The number of ketones is 1. The highest BCUT2D eigenvalue weighted by Crippen LogP contribution is 2.27. The minimum absolute atomic E-state index is 0. The van der Waals surface area contributed by atoms with Crippen LogP contribution in [0.3, 0.4) is 0 Å². The maximum Gasteiger partial charge on any atom is 0.126 e. The lowest BCUT2D eigenvalue weighted by atomic mass is 9.84. The largest absolute Gasteiger partial charge is 0.388 e. The summed E-state index contributed by atoms with van der Waals surface area (Å²) < 4.78 is 4.25. The Balaban J connectivity index is -0.00000000994. The number of Topliss-reactive ketones (excluding diaryl/α,β-unsaturated/α-hetero) is 1. The number of ether oxygens (including phenoxy) is 1. The van der Waals surface area contributed by atoms with E-state index in [9.17, 15) is 4.79 Å². The Morgan fingerprint density at radius 2 is 0.547 bits per heavy atom. The number of methoxy groups -OCH3 is 1. The molecule has 0 bridgehead atoms. The maximum absolute atomic E-state index is 9.44. The van der Waals surface area contributed by atoms with E-state index in [2.05, 4.69) is 114 Å². The molecule has 0 aromatic carbocycles. The van der Waals surface area contributed by atoms with Gasteiger partial charge in [-0.25, -0.2) is 0 Å². The average molecular weight is 802 g/mol. The van der Waals surface area contributed by atoms with Crippen molar-refractivity contribution < 1.29 is 9.53 Å².